The Balaban J connectivity index is 3.13. The summed E-state index contributed by atoms with van der Waals surface area (Å²) in [7, 11) is 0. The van der Waals surface area contributed by atoms with Gasteiger partial charge in [-0.05, 0) is 24.7 Å². The monoisotopic (exact) mass is 480 g/mol. The van der Waals surface area contributed by atoms with Crippen LogP contribution in [0, 0.1) is 17.8 Å². The lowest BCUT2D eigenvalue weighted by atomic mass is 9.86. The van der Waals surface area contributed by atoms with E-state index in [0.29, 0.717) is 11.6 Å². The maximum absolute atomic E-state index is 13.2. The van der Waals surface area contributed by atoms with E-state index < -0.39 is 48.8 Å². The minimum Gasteiger partial charge on any atom is -0.344 e. The van der Waals surface area contributed by atoms with Crippen LogP contribution in [0.4, 0.5) is 18.3 Å². The molecule has 8 nitrogen and oxygen atoms in total. The van der Waals surface area contributed by atoms with Crippen LogP contribution in [-0.2, 0) is 14.4 Å². The molecule has 0 saturated carbocycles. The van der Waals surface area contributed by atoms with Gasteiger partial charge >= 0.3 is 6.18 Å². The molecule has 0 bridgehead atoms. The lowest BCUT2D eigenvalue weighted by Gasteiger charge is -2.33. The average molecular weight is 481 g/mol. The van der Waals surface area contributed by atoms with Crippen LogP contribution in [0.25, 0.3) is 0 Å². The zero-order valence-electron chi connectivity index (χ0n) is 18.6. The van der Waals surface area contributed by atoms with Crippen molar-refractivity contribution >= 4 is 34.7 Å². The molecule has 0 fully saturated rings. The molecule has 3 amide bonds. The first-order valence-corrected chi connectivity index (χ1v) is 11.3. The Kier molecular flexibility index (Phi) is 11.1. The summed E-state index contributed by atoms with van der Waals surface area (Å²) in [5.74, 6) is -2.76. The smallest absolute Gasteiger partial charge is 0.344 e. The van der Waals surface area contributed by atoms with E-state index in [1.807, 2.05) is 6.92 Å². The molecule has 1 aromatic rings. The van der Waals surface area contributed by atoms with E-state index in [4.69, 9.17) is 0 Å². The fourth-order valence-corrected chi connectivity index (χ4v) is 3.82. The second-order valence-corrected chi connectivity index (χ2v) is 9.04. The van der Waals surface area contributed by atoms with Crippen molar-refractivity contribution < 1.29 is 32.8 Å². The van der Waals surface area contributed by atoms with Gasteiger partial charge in [-0.1, -0.05) is 34.1 Å². The van der Waals surface area contributed by atoms with Gasteiger partial charge in [-0.3, -0.25) is 19.6 Å². The number of alkyl halides is 3. The van der Waals surface area contributed by atoms with Gasteiger partial charge in [0.2, 0.25) is 18.2 Å². The highest BCUT2D eigenvalue weighted by atomic mass is 32.1. The number of hydroxylamine groups is 2. The fraction of sp³-hybridized carbons (Fsp3) is 0.700. The quantitative estimate of drug-likeness (QED) is 0.226. The first-order chi connectivity index (χ1) is 14.9. The first kappa shape index (κ1) is 27.8. The van der Waals surface area contributed by atoms with E-state index in [9.17, 15) is 32.8 Å². The van der Waals surface area contributed by atoms with Gasteiger partial charge in [-0.15, -0.1) is 11.3 Å². The second-order valence-electron chi connectivity index (χ2n) is 8.14. The largest absolute Gasteiger partial charge is 0.389 e. The van der Waals surface area contributed by atoms with E-state index in [0.717, 1.165) is 0 Å². The highest BCUT2D eigenvalue weighted by molar-refractivity contribution is 7.13. The highest BCUT2D eigenvalue weighted by Gasteiger charge is 2.38. The topological polar surface area (TPSA) is 112 Å². The number of thiazole rings is 1. The minimum absolute atomic E-state index is 0.0109. The fourth-order valence-electron chi connectivity index (χ4n) is 3.28. The summed E-state index contributed by atoms with van der Waals surface area (Å²) < 4.78 is 38.4. The molecule has 1 unspecified atom stereocenters. The molecule has 1 heterocycles. The molecule has 4 atom stereocenters. The van der Waals surface area contributed by atoms with E-state index >= 15 is 0 Å². The summed E-state index contributed by atoms with van der Waals surface area (Å²) in [5, 5.41) is 17.3. The van der Waals surface area contributed by atoms with Crippen molar-refractivity contribution in [1.29, 1.82) is 0 Å². The molecule has 3 N–H and O–H groups in total. The van der Waals surface area contributed by atoms with Crippen LogP contribution in [0.15, 0.2) is 11.6 Å². The van der Waals surface area contributed by atoms with E-state index in [-0.39, 0.29) is 29.7 Å². The number of anilines is 1. The number of hydrogen-bond donors (Lipinski definition) is 3. The van der Waals surface area contributed by atoms with Crippen LogP contribution in [-0.4, -0.2) is 51.7 Å². The number of nitrogens with one attached hydrogen (secondary N) is 2. The normalized spacial score (nSPS) is 15.5. The third-order valence-corrected chi connectivity index (χ3v) is 5.84. The van der Waals surface area contributed by atoms with Crippen molar-refractivity contribution in [3.05, 3.63) is 11.6 Å². The Morgan fingerprint density at radius 3 is 2.41 bits per heavy atom. The summed E-state index contributed by atoms with van der Waals surface area (Å²) >= 11 is 1.20. The van der Waals surface area contributed by atoms with E-state index in [2.05, 4.69) is 15.6 Å². The number of amides is 3. The van der Waals surface area contributed by atoms with Crippen LogP contribution in [0.1, 0.15) is 53.4 Å². The molecule has 0 saturated heterocycles. The number of carbonyl (C=O) groups is 3. The van der Waals surface area contributed by atoms with Crippen LogP contribution in [0.2, 0.25) is 0 Å². The Bertz CT molecular complexity index is 731. The number of hydrogen-bond acceptors (Lipinski definition) is 6. The molecule has 0 radical (unpaired) electrons. The zero-order chi connectivity index (χ0) is 24.5. The van der Waals surface area contributed by atoms with Crippen molar-refractivity contribution in [2.24, 2.45) is 17.8 Å². The van der Waals surface area contributed by atoms with Crippen LogP contribution in [0.3, 0.4) is 0 Å². The Morgan fingerprint density at radius 2 is 1.94 bits per heavy atom. The molecular formula is C20H31F3N4O4S. The number of halogens is 3. The molecule has 0 aromatic carbocycles. The van der Waals surface area contributed by atoms with Crippen molar-refractivity contribution in [3.8, 4) is 0 Å². The number of rotatable bonds is 13. The van der Waals surface area contributed by atoms with Crippen molar-refractivity contribution in [2.75, 3.05) is 5.32 Å². The molecule has 0 aliphatic carbocycles. The Morgan fingerprint density at radius 1 is 1.28 bits per heavy atom. The van der Waals surface area contributed by atoms with E-state index in [1.165, 1.54) is 17.5 Å². The zero-order valence-corrected chi connectivity index (χ0v) is 19.4. The SMILES string of the molecule is CCC(C)[C@H](NC(=O)[C@@H](CC(C)C)[C@H](CCC(F)(F)F)N(O)C=O)C(=O)Nc1nccs1. The molecular weight excluding hydrogens is 449 g/mol. The lowest BCUT2D eigenvalue weighted by Crippen LogP contribution is -2.53. The van der Waals surface area contributed by atoms with Crippen molar-refractivity contribution in [1.82, 2.24) is 15.4 Å². The predicted molar refractivity (Wildman–Crippen MR) is 114 cm³/mol. The standard InChI is InChI=1S/C20H31F3N4O4S/c1-5-13(4)16(18(30)26-19-24-8-9-32-19)25-17(29)14(10-12(2)3)15(27(31)11-28)6-7-20(21,22)23/h8-9,11-16,31H,5-7,10H2,1-4H3,(H,25,29)(H,24,26,30)/t13?,14-,15-,16-/m0/s1. The molecule has 32 heavy (non-hydrogen) atoms. The van der Waals surface area contributed by atoms with Gasteiger partial charge < -0.3 is 10.6 Å². The van der Waals surface area contributed by atoms with Gasteiger partial charge in [0.1, 0.15) is 6.04 Å². The number of aromatic nitrogens is 1. The summed E-state index contributed by atoms with van der Waals surface area (Å²) in [6.45, 7) is 7.13. The van der Waals surface area contributed by atoms with Crippen LogP contribution in [0.5, 0.6) is 0 Å². The second kappa shape index (κ2) is 12.7. The van der Waals surface area contributed by atoms with Crippen LogP contribution >= 0.6 is 11.3 Å². The molecule has 0 aliphatic rings. The van der Waals surface area contributed by atoms with Gasteiger partial charge in [-0.2, -0.15) is 13.2 Å². The van der Waals surface area contributed by atoms with E-state index in [1.54, 1.807) is 26.2 Å². The van der Waals surface area contributed by atoms with Gasteiger partial charge in [0.05, 0.1) is 12.0 Å². The highest BCUT2D eigenvalue weighted by Crippen LogP contribution is 2.29. The maximum Gasteiger partial charge on any atom is 0.389 e. The number of carbonyl (C=O) groups excluding carboxylic acids is 3. The minimum atomic E-state index is -4.52. The molecule has 0 spiro atoms. The average Bonchev–Trinajstić information content (AvgIpc) is 3.21. The summed E-state index contributed by atoms with van der Waals surface area (Å²) in [6.07, 6.45) is -4.29. The predicted octanol–water partition coefficient (Wildman–Crippen LogP) is 3.83. The molecule has 12 heteroatoms. The van der Waals surface area contributed by atoms with Gasteiger partial charge in [0.15, 0.2) is 5.13 Å². The van der Waals surface area contributed by atoms with Gasteiger partial charge in [-0.25, -0.2) is 10.0 Å². The van der Waals surface area contributed by atoms with Gasteiger partial charge in [0.25, 0.3) is 0 Å². The molecule has 0 aliphatic heterocycles. The summed E-state index contributed by atoms with van der Waals surface area (Å²) in [5.41, 5.74) is 0. The molecule has 1 rings (SSSR count). The maximum atomic E-state index is 13.2. The number of nitrogens with zero attached hydrogens (tertiary/aromatic N) is 2. The lowest BCUT2D eigenvalue weighted by molar-refractivity contribution is -0.178. The third kappa shape index (κ3) is 9.11. The van der Waals surface area contributed by atoms with Crippen molar-refractivity contribution in [2.45, 2.75) is 71.6 Å². The van der Waals surface area contributed by atoms with Crippen molar-refractivity contribution in [3.63, 3.8) is 0 Å². The first-order valence-electron chi connectivity index (χ1n) is 10.4. The van der Waals surface area contributed by atoms with Crippen LogP contribution < -0.4 is 10.6 Å². The molecule has 1 aromatic heterocycles. The Labute approximate surface area is 189 Å². The van der Waals surface area contributed by atoms with Gasteiger partial charge in [0, 0.05) is 18.0 Å². The molecule has 182 valence electrons. The Hall–Kier alpha value is -2.21. The third-order valence-electron chi connectivity index (χ3n) is 5.15. The summed E-state index contributed by atoms with van der Waals surface area (Å²) in [6, 6.07) is -2.37. The summed E-state index contributed by atoms with van der Waals surface area (Å²) in [4.78, 5) is 41.1.